The van der Waals surface area contributed by atoms with E-state index in [2.05, 4.69) is 0 Å². The maximum atomic E-state index is 12.5. The molecule has 0 radical (unpaired) electrons. The summed E-state index contributed by atoms with van der Waals surface area (Å²) in [6.45, 7) is 3.01. The molecule has 128 valence electrons. The Morgan fingerprint density at radius 2 is 2.00 bits per heavy atom. The molecule has 1 aromatic carbocycles. The van der Waals surface area contributed by atoms with E-state index in [1.807, 2.05) is 18.2 Å². The molecule has 0 aliphatic carbocycles. The van der Waals surface area contributed by atoms with E-state index >= 15 is 0 Å². The molecule has 1 aromatic rings. The van der Waals surface area contributed by atoms with Crippen molar-refractivity contribution in [2.45, 2.75) is 26.3 Å². The van der Waals surface area contributed by atoms with Gasteiger partial charge >= 0.3 is 0 Å². The summed E-state index contributed by atoms with van der Waals surface area (Å²) < 4.78 is 25.2. The van der Waals surface area contributed by atoms with Crippen molar-refractivity contribution in [2.75, 3.05) is 25.9 Å². The number of nitrogens with zero attached hydrogens (tertiary/aromatic N) is 2. The first-order chi connectivity index (χ1) is 10.8. The van der Waals surface area contributed by atoms with E-state index in [0.717, 1.165) is 5.56 Å². The monoisotopic (exact) mass is 358 g/mol. The predicted molar refractivity (Wildman–Crippen MR) is 91.7 cm³/mol. The minimum atomic E-state index is -3.15. The molecule has 1 aliphatic heterocycles. The molecule has 1 fully saturated rings. The molecule has 0 atom stereocenters. The molecule has 1 heterocycles. The molecule has 2 rings (SSSR count). The highest BCUT2D eigenvalue weighted by molar-refractivity contribution is 7.89. The lowest BCUT2D eigenvalue weighted by atomic mass is 9.96. The quantitative estimate of drug-likeness (QED) is 0.811. The summed E-state index contributed by atoms with van der Waals surface area (Å²) in [5.41, 5.74) is 0.986. The second-order valence-corrected chi connectivity index (χ2v) is 8.59. The van der Waals surface area contributed by atoms with E-state index in [0.29, 0.717) is 37.5 Å². The number of sulfonamides is 1. The minimum absolute atomic E-state index is 0.0681. The summed E-state index contributed by atoms with van der Waals surface area (Å²) in [4.78, 5) is 14.2. The normalized spacial score (nSPS) is 17.2. The first-order valence-electron chi connectivity index (χ1n) is 7.80. The standard InChI is InChI=1S/C16H23ClN2O3S/c1-3-23(21,22)19-9-7-14(8-10-19)16(20)18(2)12-13-5-4-6-15(17)11-13/h4-6,11,14H,3,7-10,12H2,1-2H3. The third kappa shape index (κ3) is 4.68. The molecule has 1 aliphatic rings. The fourth-order valence-electron chi connectivity index (χ4n) is 2.86. The van der Waals surface area contributed by atoms with E-state index < -0.39 is 10.0 Å². The lowest BCUT2D eigenvalue weighted by molar-refractivity contribution is -0.135. The first-order valence-corrected chi connectivity index (χ1v) is 9.79. The smallest absolute Gasteiger partial charge is 0.225 e. The van der Waals surface area contributed by atoms with Crippen LogP contribution in [0.5, 0.6) is 0 Å². The van der Waals surface area contributed by atoms with Crippen LogP contribution < -0.4 is 0 Å². The summed E-state index contributed by atoms with van der Waals surface area (Å²) in [5, 5.41) is 0.654. The number of amides is 1. The van der Waals surface area contributed by atoms with Crippen LogP contribution in [0.1, 0.15) is 25.3 Å². The topological polar surface area (TPSA) is 57.7 Å². The van der Waals surface area contributed by atoms with Gasteiger partial charge in [0.15, 0.2) is 0 Å². The zero-order valence-corrected chi connectivity index (χ0v) is 15.1. The van der Waals surface area contributed by atoms with Gasteiger partial charge in [-0.05, 0) is 37.5 Å². The van der Waals surface area contributed by atoms with Crippen molar-refractivity contribution in [3.8, 4) is 0 Å². The molecule has 1 amide bonds. The predicted octanol–water partition coefficient (Wildman–Crippen LogP) is 2.36. The number of carbonyl (C=O) groups excluding carboxylic acids is 1. The van der Waals surface area contributed by atoms with Gasteiger partial charge in [0.1, 0.15) is 0 Å². The number of piperidine rings is 1. The van der Waals surface area contributed by atoms with E-state index in [9.17, 15) is 13.2 Å². The van der Waals surface area contributed by atoms with Crippen molar-refractivity contribution in [2.24, 2.45) is 5.92 Å². The van der Waals surface area contributed by atoms with Gasteiger partial charge in [0.2, 0.25) is 15.9 Å². The van der Waals surface area contributed by atoms with Gasteiger partial charge in [-0.25, -0.2) is 12.7 Å². The Bertz CT molecular complexity index is 655. The number of rotatable bonds is 5. The second kappa shape index (κ2) is 7.64. The van der Waals surface area contributed by atoms with Crippen molar-refractivity contribution < 1.29 is 13.2 Å². The Hall–Kier alpha value is -1.11. The summed E-state index contributed by atoms with van der Waals surface area (Å²) >= 11 is 5.96. The van der Waals surface area contributed by atoms with Crippen molar-refractivity contribution in [3.63, 3.8) is 0 Å². The average molecular weight is 359 g/mol. The Labute approximate surface area is 143 Å². The largest absolute Gasteiger partial charge is 0.341 e. The van der Waals surface area contributed by atoms with E-state index in [1.54, 1.807) is 24.9 Å². The van der Waals surface area contributed by atoms with Gasteiger partial charge in [0.25, 0.3) is 0 Å². The number of benzene rings is 1. The van der Waals surface area contributed by atoms with E-state index in [-0.39, 0.29) is 17.6 Å². The van der Waals surface area contributed by atoms with Crippen LogP contribution in [0.3, 0.4) is 0 Å². The van der Waals surface area contributed by atoms with Crippen LogP contribution in [0.25, 0.3) is 0 Å². The van der Waals surface area contributed by atoms with Crippen molar-refractivity contribution in [1.29, 1.82) is 0 Å². The zero-order chi connectivity index (χ0) is 17.0. The molecule has 0 aromatic heterocycles. The summed E-state index contributed by atoms with van der Waals surface area (Å²) in [7, 11) is -1.37. The molecule has 23 heavy (non-hydrogen) atoms. The highest BCUT2D eigenvalue weighted by atomic mass is 35.5. The number of halogens is 1. The van der Waals surface area contributed by atoms with Crippen LogP contribution in [0.2, 0.25) is 5.02 Å². The van der Waals surface area contributed by atoms with Gasteiger partial charge in [-0.3, -0.25) is 4.79 Å². The van der Waals surface area contributed by atoms with Crippen LogP contribution >= 0.6 is 11.6 Å². The number of carbonyl (C=O) groups is 1. The van der Waals surface area contributed by atoms with Gasteiger partial charge in [-0.1, -0.05) is 23.7 Å². The van der Waals surface area contributed by atoms with Gasteiger partial charge < -0.3 is 4.90 Å². The number of hydrogen-bond acceptors (Lipinski definition) is 3. The second-order valence-electron chi connectivity index (χ2n) is 5.90. The highest BCUT2D eigenvalue weighted by Crippen LogP contribution is 2.22. The van der Waals surface area contributed by atoms with E-state index in [4.69, 9.17) is 11.6 Å². The Morgan fingerprint density at radius 1 is 1.35 bits per heavy atom. The van der Waals surface area contributed by atoms with Crippen LogP contribution in [0, 0.1) is 5.92 Å². The molecule has 0 unspecified atom stereocenters. The molecular weight excluding hydrogens is 336 g/mol. The van der Waals surface area contributed by atoms with Crippen molar-refractivity contribution in [3.05, 3.63) is 34.9 Å². The molecule has 5 nitrogen and oxygen atoms in total. The molecule has 0 spiro atoms. The number of hydrogen-bond donors (Lipinski definition) is 0. The summed E-state index contributed by atoms with van der Waals surface area (Å²) in [6.07, 6.45) is 1.16. The van der Waals surface area contributed by atoms with E-state index in [1.165, 1.54) is 4.31 Å². The Morgan fingerprint density at radius 3 is 2.57 bits per heavy atom. The van der Waals surface area contributed by atoms with Crippen molar-refractivity contribution in [1.82, 2.24) is 9.21 Å². The third-order valence-corrected chi connectivity index (χ3v) is 6.36. The molecule has 7 heteroatoms. The van der Waals surface area contributed by atoms with Crippen LogP contribution in [0.15, 0.2) is 24.3 Å². The Balaban J connectivity index is 1.92. The lowest BCUT2D eigenvalue weighted by Crippen LogP contribution is -2.43. The minimum Gasteiger partial charge on any atom is -0.341 e. The van der Waals surface area contributed by atoms with Crippen LogP contribution in [-0.4, -0.2) is 49.4 Å². The SMILES string of the molecule is CCS(=O)(=O)N1CCC(C(=O)N(C)Cc2cccc(Cl)c2)CC1. The fraction of sp³-hybridized carbons (Fsp3) is 0.562. The molecule has 0 saturated carbocycles. The van der Waals surface area contributed by atoms with Gasteiger partial charge in [0.05, 0.1) is 5.75 Å². The highest BCUT2D eigenvalue weighted by Gasteiger charge is 2.31. The average Bonchev–Trinajstić information content (AvgIpc) is 2.54. The molecule has 0 N–H and O–H groups in total. The maximum Gasteiger partial charge on any atom is 0.225 e. The Kier molecular flexibility index (Phi) is 6.06. The molecule has 1 saturated heterocycles. The third-order valence-electron chi connectivity index (χ3n) is 4.25. The summed E-state index contributed by atoms with van der Waals surface area (Å²) in [5.74, 6) is 0.0707. The zero-order valence-electron chi connectivity index (χ0n) is 13.5. The molecule has 0 bridgehead atoms. The maximum absolute atomic E-state index is 12.5. The molecular formula is C16H23ClN2O3S. The first kappa shape index (κ1) is 18.2. The van der Waals surface area contributed by atoms with Gasteiger partial charge in [-0.15, -0.1) is 0 Å². The van der Waals surface area contributed by atoms with Crippen LogP contribution in [-0.2, 0) is 21.4 Å². The lowest BCUT2D eigenvalue weighted by Gasteiger charge is -2.32. The summed E-state index contributed by atoms with van der Waals surface area (Å²) in [6, 6.07) is 7.45. The van der Waals surface area contributed by atoms with Crippen molar-refractivity contribution >= 4 is 27.5 Å². The fourth-order valence-corrected chi connectivity index (χ4v) is 4.21. The van der Waals surface area contributed by atoms with Crippen LogP contribution in [0.4, 0.5) is 0 Å². The van der Waals surface area contributed by atoms with Gasteiger partial charge in [-0.2, -0.15) is 0 Å². The van der Waals surface area contributed by atoms with Gasteiger partial charge in [0, 0.05) is 37.6 Å².